The zero-order valence-corrected chi connectivity index (χ0v) is 15.4. The van der Waals surface area contributed by atoms with Gasteiger partial charge >= 0.3 is 5.97 Å². The van der Waals surface area contributed by atoms with Gasteiger partial charge in [-0.1, -0.05) is 11.6 Å². The van der Waals surface area contributed by atoms with E-state index in [9.17, 15) is 22.0 Å². The Balaban J connectivity index is 2.05. The van der Waals surface area contributed by atoms with Crippen molar-refractivity contribution in [3.63, 3.8) is 0 Å². The Bertz CT molecular complexity index is 970. The van der Waals surface area contributed by atoms with Crippen LogP contribution in [-0.4, -0.2) is 32.2 Å². The number of aliphatic carboxylic acids is 1. The lowest BCUT2D eigenvalue weighted by molar-refractivity contribution is -0.147. The second-order valence-electron chi connectivity index (χ2n) is 6.31. The van der Waals surface area contributed by atoms with Gasteiger partial charge in [0, 0.05) is 10.6 Å². The summed E-state index contributed by atoms with van der Waals surface area (Å²) in [5.41, 5.74) is -0.298. The van der Waals surface area contributed by atoms with Gasteiger partial charge < -0.3 is 9.84 Å². The highest BCUT2D eigenvalue weighted by Crippen LogP contribution is 2.52. The van der Waals surface area contributed by atoms with E-state index in [4.69, 9.17) is 21.4 Å². The molecule has 27 heavy (non-hydrogen) atoms. The number of ether oxygens (including phenoxy) is 1. The van der Waals surface area contributed by atoms with Crippen LogP contribution >= 0.6 is 11.6 Å². The van der Waals surface area contributed by atoms with Gasteiger partial charge in [-0.3, -0.25) is 0 Å². The lowest BCUT2D eigenvalue weighted by Gasteiger charge is -2.46. The topological polar surface area (TPSA) is 80.7 Å². The van der Waals surface area contributed by atoms with E-state index in [1.807, 2.05) is 0 Å². The average molecular weight is 417 g/mol. The molecule has 1 aliphatic rings. The van der Waals surface area contributed by atoms with Crippen molar-refractivity contribution in [2.45, 2.75) is 28.6 Å². The fraction of sp³-hybridized carbons (Fsp3) is 0.278. The number of benzene rings is 2. The van der Waals surface area contributed by atoms with Crippen molar-refractivity contribution in [3.05, 3.63) is 64.7 Å². The number of carbonyl (C=O) groups is 1. The van der Waals surface area contributed by atoms with E-state index in [0.717, 1.165) is 18.2 Å². The monoisotopic (exact) mass is 416 g/mol. The van der Waals surface area contributed by atoms with E-state index in [-0.39, 0.29) is 23.3 Å². The molecule has 2 aromatic rings. The summed E-state index contributed by atoms with van der Waals surface area (Å²) in [4.78, 5) is 10.6. The molecule has 0 atom stereocenters. The summed E-state index contributed by atoms with van der Waals surface area (Å²) in [6.07, 6.45) is -1.08. The van der Waals surface area contributed by atoms with E-state index in [2.05, 4.69) is 0 Å². The Labute approximate surface area is 159 Å². The molecule has 0 heterocycles. The van der Waals surface area contributed by atoms with E-state index >= 15 is 0 Å². The predicted molar refractivity (Wildman–Crippen MR) is 93.3 cm³/mol. The first-order valence-electron chi connectivity index (χ1n) is 7.95. The molecule has 0 radical (unpaired) electrons. The first-order valence-corrected chi connectivity index (χ1v) is 9.81. The minimum Gasteiger partial charge on any atom is -0.480 e. The van der Waals surface area contributed by atoms with Gasteiger partial charge in [0.25, 0.3) is 0 Å². The zero-order chi connectivity index (χ0) is 19.8. The largest absolute Gasteiger partial charge is 0.480 e. The number of hydrogen-bond acceptors (Lipinski definition) is 4. The molecular formula is C18H15ClF2O5S. The molecule has 0 unspecified atom stereocenters. The standard InChI is InChI=1S/C18H15ClF2O5S/c19-11-1-4-14(5-2-11)27(24,25)18(8-13(9-18)26-10-17(22)23)15-7-12(20)3-6-16(15)21/h1-7,13H,8-10H2,(H,22,23). The van der Waals surface area contributed by atoms with Gasteiger partial charge in [0.1, 0.15) is 23.0 Å². The van der Waals surface area contributed by atoms with Crippen LogP contribution in [0, 0.1) is 11.6 Å². The number of sulfone groups is 1. The van der Waals surface area contributed by atoms with Crippen molar-refractivity contribution < 1.29 is 31.8 Å². The maximum absolute atomic E-state index is 14.4. The summed E-state index contributed by atoms with van der Waals surface area (Å²) < 4.78 is 58.2. The summed E-state index contributed by atoms with van der Waals surface area (Å²) in [5, 5.41) is 9.04. The molecule has 1 N–H and O–H groups in total. The molecule has 0 aromatic heterocycles. The minimum atomic E-state index is -4.14. The zero-order valence-electron chi connectivity index (χ0n) is 13.9. The van der Waals surface area contributed by atoms with Crippen molar-refractivity contribution in [1.29, 1.82) is 0 Å². The second-order valence-corrected chi connectivity index (χ2v) is 9.01. The number of carboxylic acids is 1. The van der Waals surface area contributed by atoms with Crippen LogP contribution in [0.25, 0.3) is 0 Å². The van der Waals surface area contributed by atoms with Gasteiger partial charge in [-0.15, -0.1) is 0 Å². The molecule has 144 valence electrons. The highest BCUT2D eigenvalue weighted by molar-refractivity contribution is 7.92. The number of halogens is 3. The lowest BCUT2D eigenvalue weighted by Crippen LogP contribution is -2.52. The van der Waals surface area contributed by atoms with Gasteiger partial charge in [-0.05, 0) is 55.3 Å². The maximum atomic E-state index is 14.4. The fourth-order valence-corrected chi connectivity index (χ4v) is 5.58. The Morgan fingerprint density at radius 3 is 2.41 bits per heavy atom. The van der Waals surface area contributed by atoms with Crippen LogP contribution < -0.4 is 0 Å². The van der Waals surface area contributed by atoms with Crippen molar-refractivity contribution in [2.75, 3.05) is 6.61 Å². The molecule has 2 aromatic carbocycles. The summed E-state index contributed by atoms with van der Waals surface area (Å²) in [7, 11) is -4.14. The first-order chi connectivity index (χ1) is 12.7. The number of carboxylic acid groups (broad SMARTS) is 1. The quantitative estimate of drug-likeness (QED) is 0.778. The Kier molecular flexibility index (Phi) is 5.24. The molecule has 1 aliphatic carbocycles. The minimum absolute atomic E-state index is 0.0905. The lowest BCUT2D eigenvalue weighted by atomic mass is 9.76. The van der Waals surface area contributed by atoms with E-state index in [1.165, 1.54) is 24.3 Å². The van der Waals surface area contributed by atoms with Crippen LogP contribution in [0.2, 0.25) is 5.02 Å². The van der Waals surface area contributed by atoms with Crippen molar-refractivity contribution in [2.24, 2.45) is 0 Å². The third-order valence-corrected chi connectivity index (χ3v) is 7.34. The molecule has 0 amide bonds. The van der Waals surface area contributed by atoms with Crippen molar-refractivity contribution in [1.82, 2.24) is 0 Å². The van der Waals surface area contributed by atoms with E-state index in [0.29, 0.717) is 5.02 Å². The first kappa shape index (κ1) is 19.7. The molecule has 3 rings (SSSR count). The second kappa shape index (κ2) is 7.18. The van der Waals surface area contributed by atoms with Crippen molar-refractivity contribution in [3.8, 4) is 0 Å². The summed E-state index contributed by atoms with van der Waals surface area (Å²) >= 11 is 5.80. The molecular weight excluding hydrogens is 402 g/mol. The van der Waals surface area contributed by atoms with Crippen LogP contribution in [0.4, 0.5) is 8.78 Å². The van der Waals surface area contributed by atoms with Gasteiger partial charge in [0.15, 0.2) is 9.84 Å². The highest BCUT2D eigenvalue weighted by atomic mass is 35.5. The van der Waals surface area contributed by atoms with Gasteiger partial charge in [0.2, 0.25) is 0 Å². The van der Waals surface area contributed by atoms with Crippen LogP contribution in [0.15, 0.2) is 47.4 Å². The van der Waals surface area contributed by atoms with Crippen molar-refractivity contribution >= 4 is 27.4 Å². The average Bonchev–Trinajstić information content (AvgIpc) is 2.56. The molecule has 1 saturated carbocycles. The third-order valence-electron chi connectivity index (χ3n) is 4.61. The predicted octanol–water partition coefficient (Wildman–Crippen LogP) is 3.55. The normalized spacial score (nSPS) is 22.3. The van der Waals surface area contributed by atoms with Crippen LogP contribution in [0.5, 0.6) is 0 Å². The van der Waals surface area contributed by atoms with Crippen LogP contribution in [0.3, 0.4) is 0 Å². The van der Waals surface area contributed by atoms with E-state index in [1.54, 1.807) is 0 Å². The molecule has 0 saturated heterocycles. The molecule has 0 bridgehead atoms. The summed E-state index contributed by atoms with van der Waals surface area (Å²) in [6.45, 7) is -0.604. The summed E-state index contributed by atoms with van der Waals surface area (Å²) in [6, 6.07) is 8.00. The molecule has 5 nitrogen and oxygen atoms in total. The van der Waals surface area contributed by atoms with Crippen LogP contribution in [0.1, 0.15) is 18.4 Å². The highest BCUT2D eigenvalue weighted by Gasteiger charge is 2.57. The Morgan fingerprint density at radius 1 is 1.19 bits per heavy atom. The maximum Gasteiger partial charge on any atom is 0.329 e. The summed E-state index contributed by atoms with van der Waals surface area (Å²) in [5.74, 6) is -2.83. The third kappa shape index (κ3) is 3.56. The fourth-order valence-electron chi connectivity index (χ4n) is 3.25. The SMILES string of the molecule is O=C(O)COC1CC(c2cc(F)ccc2F)(S(=O)(=O)c2ccc(Cl)cc2)C1. The number of hydrogen-bond donors (Lipinski definition) is 1. The van der Waals surface area contributed by atoms with Gasteiger partial charge in [-0.25, -0.2) is 22.0 Å². The van der Waals surface area contributed by atoms with Crippen LogP contribution in [-0.2, 0) is 24.1 Å². The smallest absolute Gasteiger partial charge is 0.329 e. The Morgan fingerprint density at radius 2 is 1.81 bits per heavy atom. The Hall–Kier alpha value is -2.03. The molecule has 9 heteroatoms. The van der Waals surface area contributed by atoms with Gasteiger partial charge in [0.05, 0.1) is 11.0 Å². The number of rotatable bonds is 6. The molecule has 0 aliphatic heterocycles. The van der Waals surface area contributed by atoms with E-state index < -0.39 is 44.9 Å². The molecule has 1 fully saturated rings. The molecule has 0 spiro atoms. The van der Waals surface area contributed by atoms with Gasteiger partial charge in [-0.2, -0.15) is 0 Å².